The Morgan fingerprint density at radius 1 is 1.50 bits per heavy atom. The van der Waals surface area contributed by atoms with Crippen LogP contribution in [0.5, 0.6) is 0 Å². The predicted octanol–water partition coefficient (Wildman–Crippen LogP) is 0.529. The van der Waals surface area contributed by atoms with E-state index >= 15 is 0 Å². The van der Waals surface area contributed by atoms with Gasteiger partial charge in [-0.05, 0) is 12.1 Å². The van der Waals surface area contributed by atoms with Gasteiger partial charge in [0, 0.05) is 19.3 Å². The van der Waals surface area contributed by atoms with Crippen LogP contribution < -0.4 is 5.32 Å². The summed E-state index contributed by atoms with van der Waals surface area (Å²) in [6, 6.07) is 3.00. The van der Waals surface area contributed by atoms with Crippen LogP contribution in [-0.2, 0) is 4.74 Å². The predicted molar refractivity (Wildman–Crippen MR) is 54.5 cm³/mol. The molecule has 3 rings (SSSR count). The summed E-state index contributed by atoms with van der Waals surface area (Å²) in [6.45, 7) is 2.15. The molecule has 1 atom stereocenters. The molecule has 1 aliphatic rings. The highest BCUT2D eigenvalue weighted by molar-refractivity contribution is 5.39. The third-order valence-corrected chi connectivity index (χ3v) is 2.63. The van der Waals surface area contributed by atoms with Crippen LogP contribution in [0.1, 0.15) is 11.9 Å². The molecule has 1 N–H and O–H groups in total. The van der Waals surface area contributed by atoms with Crippen molar-refractivity contribution >= 4 is 5.65 Å². The maximum atomic E-state index is 13.4. The molecular formula is C10H11FN4O. The molecule has 0 bridgehead atoms. The molecule has 0 amide bonds. The van der Waals surface area contributed by atoms with Crippen molar-refractivity contribution in [1.29, 1.82) is 0 Å². The van der Waals surface area contributed by atoms with E-state index in [9.17, 15) is 4.39 Å². The summed E-state index contributed by atoms with van der Waals surface area (Å²) in [7, 11) is 0. The molecule has 1 fully saturated rings. The average molecular weight is 222 g/mol. The van der Waals surface area contributed by atoms with Crippen molar-refractivity contribution in [2.24, 2.45) is 0 Å². The van der Waals surface area contributed by atoms with E-state index in [0.717, 1.165) is 6.54 Å². The molecule has 2 aromatic rings. The Labute approximate surface area is 91.2 Å². The van der Waals surface area contributed by atoms with Gasteiger partial charge in [-0.15, -0.1) is 10.2 Å². The summed E-state index contributed by atoms with van der Waals surface area (Å²) >= 11 is 0. The van der Waals surface area contributed by atoms with Gasteiger partial charge in [0.05, 0.1) is 6.61 Å². The lowest BCUT2D eigenvalue weighted by atomic mass is 10.3. The van der Waals surface area contributed by atoms with Crippen molar-refractivity contribution in [3.63, 3.8) is 0 Å². The minimum atomic E-state index is -0.370. The van der Waals surface area contributed by atoms with Gasteiger partial charge in [-0.1, -0.05) is 0 Å². The highest BCUT2D eigenvalue weighted by Crippen LogP contribution is 2.18. The van der Waals surface area contributed by atoms with Gasteiger partial charge in [-0.2, -0.15) is 0 Å². The lowest BCUT2D eigenvalue weighted by Gasteiger charge is -2.21. The maximum absolute atomic E-state index is 13.4. The molecule has 1 aliphatic heterocycles. The van der Waals surface area contributed by atoms with E-state index in [1.807, 2.05) is 0 Å². The summed E-state index contributed by atoms with van der Waals surface area (Å²) in [6.07, 6.45) is 1.58. The Morgan fingerprint density at radius 2 is 2.44 bits per heavy atom. The number of hydrogen-bond acceptors (Lipinski definition) is 4. The molecule has 1 saturated heterocycles. The zero-order valence-corrected chi connectivity index (χ0v) is 8.56. The lowest BCUT2D eigenvalue weighted by molar-refractivity contribution is 0.0215. The molecule has 0 radical (unpaired) electrons. The van der Waals surface area contributed by atoms with Gasteiger partial charge in [-0.25, -0.2) is 4.39 Å². The Balaban J connectivity index is 2.06. The second-order valence-electron chi connectivity index (χ2n) is 3.67. The lowest BCUT2D eigenvalue weighted by Crippen LogP contribution is -2.34. The van der Waals surface area contributed by atoms with Crippen LogP contribution in [0.2, 0.25) is 0 Å². The standard InChI is InChI=1S/C10H11FN4O/c11-7-2-1-4-15-9(7)13-14-10(15)8-6-12-3-5-16-8/h1-2,4,8,12H,3,5-6H2. The number of hydrogen-bond donors (Lipinski definition) is 1. The summed E-state index contributed by atoms with van der Waals surface area (Å²) < 4.78 is 20.6. The maximum Gasteiger partial charge on any atom is 0.196 e. The number of nitrogens with zero attached hydrogens (tertiary/aromatic N) is 3. The first-order chi connectivity index (χ1) is 7.86. The van der Waals surface area contributed by atoms with E-state index in [-0.39, 0.29) is 17.6 Å². The van der Waals surface area contributed by atoms with Crippen molar-refractivity contribution in [2.45, 2.75) is 6.10 Å². The van der Waals surface area contributed by atoms with Crippen LogP contribution in [0.4, 0.5) is 4.39 Å². The van der Waals surface area contributed by atoms with Gasteiger partial charge >= 0.3 is 0 Å². The van der Waals surface area contributed by atoms with Crippen molar-refractivity contribution in [1.82, 2.24) is 19.9 Å². The number of nitrogens with one attached hydrogen (secondary N) is 1. The smallest absolute Gasteiger partial charge is 0.196 e. The van der Waals surface area contributed by atoms with Crippen LogP contribution in [-0.4, -0.2) is 34.3 Å². The SMILES string of the molecule is Fc1cccn2c(C3CNCCO3)nnc12. The molecule has 16 heavy (non-hydrogen) atoms. The number of halogens is 1. The molecule has 0 aliphatic carbocycles. The Morgan fingerprint density at radius 3 is 3.25 bits per heavy atom. The van der Waals surface area contributed by atoms with Crippen molar-refractivity contribution < 1.29 is 9.13 Å². The Bertz CT molecular complexity index is 506. The van der Waals surface area contributed by atoms with E-state index in [1.165, 1.54) is 6.07 Å². The third-order valence-electron chi connectivity index (χ3n) is 2.63. The molecule has 0 aromatic carbocycles. The van der Waals surface area contributed by atoms with Crippen molar-refractivity contribution in [3.8, 4) is 0 Å². The van der Waals surface area contributed by atoms with Crippen LogP contribution in [0.15, 0.2) is 18.3 Å². The highest BCUT2D eigenvalue weighted by atomic mass is 19.1. The normalized spacial score (nSPS) is 21.4. The first kappa shape index (κ1) is 9.68. The topological polar surface area (TPSA) is 51.5 Å². The molecule has 0 spiro atoms. The fourth-order valence-electron chi connectivity index (χ4n) is 1.85. The van der Waals surface area contributed by atoms with Gasteiger partial charge in [0.15, 0.2) is 17.3 Å². The number of rotatable bonds is 1. The summed E-state index contributed by atoms with van der Waals surface area (Å²) in [5.41, 5.74) is 0.242. The number of morpholine rings is 1. The third kappa shape index (κ3) is 1.46. The molecule has 84 valence electrons. The summed E-state index contributed by atoms with van der Waals surface area (Å²) in [5.74, 6) is 0.270. The van der Waals surface area contributed by atoms with Gasteiger partial charge < -0.3 is 10.1 Å². The molecule has 5 nitrogen and oxygen atoms in total. The Hall–Kier alpha value is -1.53. The van der Waals surface area contributed by atoms with Crippen molar-refractivity contribution in [3.05, 3.63) is 30.0 Å². The fraction of sp³-hybridized carbons (Fsp3) is 0.400. The monoisotopic (exact) mass is 222 g/mol. The number of fused-ring (bicyclic) bond motifs is 1. The van der Waals surface area contributed by atoms with E-state index in [4.69, 9.17) is 4.74 Å². The van der Waals surface area contributed by atoms with E-state index in [2.05, 4.69) is 15.5 Å². The first-order valence-corrected chi connectivity index (χ1v) is 5.18. The summed E-state index contributed by atoms with van der Waals surface area (Å²) in [5, 5.41) is 11.0. The van der Waals surface area contributed by atoms with E-state index < -0.39 is 0 Å². The van der Waals surface area contributed by atoms with Gasteiger partial charge in [-0.3, -0.25) is 4.40 Å². The minimum absolute atomic E-state index is 0.162. The van der Waals surface area contributed by atoms with Crippen molar-refractivity contribution in [2.75, 3.05) is 19.7 Å². The minimum Gasteiger partial charge on any atom is -0.368 e. The molecule has 6 heteroatoms. The zero-order valence-electron chi connectivity index (χ0n) is 8.56. The van der Waals surface area contributed by atoms with Crippen LogP contribution in [0.3, 0.4) is 0 Å². The van der Waals surface area contributed by atoms with Crippen LogP contribution in [0, 0.1) is 5.82 Å². The fourth-order valence-corrected chi connectivity index (χ4v) is 1.85. The number of ether oxygens (including phenoxy) is 1. The van der Waals surface area contributed by atoms with Gasteiger partial charge in [0.2, 0.25) is 0 Å². The van der Waals surface area contributed by atoms with Crippen LogP contribution in [0.25, 0.3) is 5.65 Å². The number of pyridine rings is 1. The Kier molecular flexibility index (Phi) is 2.30. The average Bonchev–Trinajstić information content (AvgIpc) is 2.75. The molecule has 2 aromatic heterocycles. The largest absolute Gasteiger partial charge is 0.368 e. The number of aromatic nitrogens is 3. The zero-order chi connectivity index (χ0) is 11.0. The quantitative estimate of drug-likeness (QED) is 0.764. The van der Waals surface area contributed by atoms with Gasteiger partial charge in [0.25, 0.3) is 0 Å². The molecule has 0 saturated carbocycles. The summed E-state index contributed by atoms with van der Waals surface area (Å²) in [4.78, 5) is 0. The molecular weight excluding hydrogens is 211 g/mol. The first-order valence-electron chi connectivity index (χ1n) is 5.18. The molecule has 3 heterocycles. The van der Waals surface area contributed by atoms with E-state index in [1.54, 1.807) is 16.7 Å². The highest BCUT2D eigenvalue weighted by Gasteiger charge is 2.21. The second kappa shape index (κ2) is 3.80. The second-order valence-corrected chi connectivity index (χ2v) is 3.67. The van der Waals surface area contributed by atoms with Crippen LogP contribution >= 0.6 is 0 Å². The molecule has 1 unspecified atom stereocenters. The van der Waals surface area contributed by atoms with E-state index in [0.29, 0.717) is 19.0 Å². The van der Waals surface area contributed by atoms with Gasteiger partial charge in [0.1, 0.15) is 6.10 Å².